The largest absolute Gasteiger partial charge is 0.346 e. The molecule has 4 rings (SSSR count). The summed E-state index contributed by atoms with van der Waals surface area (Å²) in [4.78, 5) is 20.8. The third kappa shape index (κ3) is 3.28. The standard InChI is InChI=1S/C19H16N6/c20-18(25-19-14-4-3-10-21-15(14)9-11-22-19)8-7-13-12-23-16-5-1-2-6-17(16)24-13/h1-6,9-12H,7-8H2,(H2,20,22,25). The molecule has 4 aromatic rings. The van der Waals surface area contributed by atoms with Crippen molar-refractivity contribution in [1.29, 1.82) is 5.41 Å². The van der Waals surface area contributed by atoms with Gasteiger partial charge in [0.25, 0.3) is 0 Å². The maximum Gasteiger partial charge on any atom is 0.141 e. The number of aryl methyl sites for hydroxylation is 1. The van der Waals surface area contributed by atoms with E-state index in [9.17, 15) is 0 Å². The Morgan fingerprint density at radius 2 is 1.88 bits per heavy atom. The van der Waals surface area contributed by atoms with Crippen molar-refractivity contribution in [2.45, 2.75) is 12.8 Å². The van der Waals surface area contributed by atoms with Crippen LogP contribution in [0.5, 0.6) is 0 Å². The van der Waals surface area contributed by atoms with Gasteiger partial charge in [-0.15, -0.1) is 0 Å². The second kappa shape index (κ2) is 6.60. The van der Waals surface area contributed by atoms with Gasteiger partial charge in [0.05, 0.1) is 22.2 Å². The number of benzene rings is 1. The molecule has 6 nitrogen and oxygen atoms in total. The second-order valence-electron chi connectivity index (χ2n) is 5.67. The Kier molecular flexibility index (Phi) is 4.00. The van der Waals surface area contributed by atoms with E-state index < -0.39 is 0 Å². The summed E-state index contributed by atoms with van der Waals surface area (Å²) in [5.41, 5.74) is 4.12. The van der Waals surface area contributed by atoms with Gasteiger partial charge in [0, 0.05) is 30.4 Å². The van der Waals surface area contributed by atoms with Crippen molar-refractivity contribution < 1.29 is 0 Å². The topological polar surface area (TPSA) is 90.7 Å². The number of aromatic nitrogens is 4. The number of amidine groups is 1. The minimum absolute atomic E-state index is 0.294. The fourth-order valence-corrected chi connectivity index (χ4v) is 2.67. The molecule has 0 amide bonds. The molecule has 0 aliphatic rings. The summed E-state index contributed by atoms with van der Waals surface area (Å²) >= 11 is 0. The first-order chi connectivity index (χ1) is 12.3. The number of aromatic amines is 1. The van der Waals surface area contributed by atoms with Crippen molar-refractivity contribution in [2.24, 2.45) is 4.99 Å². The van der Waals surface area contributed by atoms with Gasteiger partial charge in [0.2, 0.25) is 0 Å². The van der Waals surface area contributed by atoms with Crippen LogP contribution in [0.15, 0.2) is 66.0 Å². The van der Waals surface area contributed by atoms with Crippen molar-refractivity contribution in [3.63, 3.8) is 0 Å². The zero-order valence-corrected chi connectivity index (χ0v) is 13.5. The highest BCUT2D eigenvalue weighted by molar-refractivity contribution is 5.83. The van der Waals surface area contributed by atoms with Gasteiger partial charge in [-0.05, 0) is 36.8 Å². The number of hydrogen-bond donors (Lipinski definition) is 2. The van der Waals surface area contributed by atoms with Gasteiger partial charge in [-0.2, -0.15) is 0 Å². The summed E-state index contributed by atoms with van der Waals surface area (Å²) in [6.07, 6.45) is 6.43. The summed E-state index contributed by atoms with van der Waals surface area (Å²) in [7, 11) is 0. The molecule has 0 atom stereocenters. The molecule has 3 heterocycles. The molecule has 2 N–H and O–H groups in total. The maximum absolute atomic E-state index is 8.16. The van der Waals surface area contributed by atoms with Gasteiger partial charge >= 0.3 is 0 Å². The predicted octanol–water partition coefficient (Wildman–Crippen LogP) is 3.02. The number of nitrogens with one attached hydrogen (secondary N) is 2. The average molecular weight is 328 g/mol. The number of pyridine rings is 2. The van der Waals surface area contributed by atoms with Crippen molar-refractivity contribution in [3.05, 3.63) is 72.2 Å². The normalized spacial score (nSPS) is 11.9. The van der Waals surface area contributed by atoms with Crippen LogP contribution in [0.1, 0.15) is 12.1 Å². The van der Waals surface area contributed by atoms with Gasteiger partial charge in [0.1, 0.15) is 11.3 Å². The molecular formula is C19H16N6. The molecule has 1 aromatic carbocycles. The van der Waals surface area contributed by atoms with E-state index in [4.69, 9.17) is 5.41 Å². The zero-order valence-electron chi connectivity index (χ0n) is 13.5. The van der Waals surface area contributed by atoms with E-state index in [1.54, 1.807) is 18.6 Å². The average Bonchev–Trinajstić information content (AvgIpc) is 2.66. The van der Waals surface area contributed by atoms with E-state index in [-0.39, 0.29) is 0 Å². The number of hydrogen-bond acceptors (Lipinski definition) is 4. The Bertz CT molecular complexity index is 1120. The molecule has 0 saturated carbocycles. The Hall–Kier alpha value is -3.41. The van der Waals surface area contributed by atoms with Crippen molar-refractivity contribution in [1.82, 2.24) is 19.9 Å². The third-order valence-electron chi connectivity index (χ3n) is 3.92. The lowest BCUT2D eigenvalue weighted by atomic mass is 10.2. The van der Waals surface area contributed by atoms with E-state index in [0.717, 1.165) is 27.6 Å². The highest BCUT2D eigenvalue weighted by Crippen LogP contribution is 2.10. The molecule has 0 unspecified atom stereocenters. The second-order valence-corrected chi connectivity index (χ2v) is 5.67. The molecule has 0 spiro atoms. The van der Waals surface area contributed by atoms with Crippen molar-refractivity contribution in [2.75, 3.05) is 0 Å². The number of rotatable bonds is 3. The molecule has 122 valence electrons. The van der Waals surface area contributed by atoms with Crippen LogP contribution < -0.4 is 5.49 Å². The van der Waals surface area contributed by atoms with Crippen LogP contribution in [0.25, 0.3) is 21.9 Å². The van der Waals surface area contributed by atoms with Crippen LogP contribution in [0.3, 0.4) is 0 Å². The predicted molar refractivity (Wildman–Crippen MR) is 97.2 cm³/mol. The molecule has 0 aliphatic carbocycles. The summed E-state index contributed by atoms with van der Waals surface area (Å²) in [6.45, 7) is 0. The van der Waals surface area contributed by atoms with Gasteiger partial charge in [-0.1, -0.05) is 12.1 Å². The summed E-state index contributed by atoms with van der Waals surface area (Å²) in [5.74, 6) is 0.294. The first kappa shape index (κ1) is 15.1. The van der Waals surface area contributed by atoms with E-state index in [1.165, 1.54) is 0 Å². The minimum atomic E-state index is 0.294. The van der Waals surface area contributed by atoms with Crippen LogP contribution in [0.2, 0.25) is 0 Å². The number of fused-ring (bicyclic) bond motifs is 2. The Morgan fingerprint density at radius 3 is 2.80 bits per heavy atom. The quantitative estimate of drug-likeness (QED) is 0.447. The fourth-order valence-electron chi connectivity index (χ4n) is 2.67. The van der Waals surface area contributed by atoms with E-state index in [2.05, 4.69) is 24.9 Å². The maximum atomic E-state index is 8.16. The van der Waals surface area contributed by atoms with Gasteiger partial charge in [-0.3, -0.25) is 15.4 Å². The summed E-state index contributed by atoms with van der Waals surface area (Å²) in [5, 5.41) is 9.06. The number of H-pyrrole nitrogens is 1. The van der Waals surface area contributed by atoms with E-state index in [1.807, 2.05) is 42.5 Å². The van der Waals surface area contributed by atoms with Gasteiger partial charge in [-0.25, -0.2) is 9.98 Å². The summed E-state index contributed by atoms with van der Waals surface area (Å²) in [6, 6.07) is 13.5. The minimum Gasteiger partial charge on any atom is -0.346 e. The molecule has 0 bridgehead atoms. The molecule has 3 aromatic heterocycles. The van der Waals surface area contributed by atoms with Crippen molar-refractivity contribution >= 4 is 27.8 Å². The molecular weight excluding hydrogens is 312 g/mol. The Labute approximate surface area is 143 Å². The Balaban J connectivity index is 1.55. The SMILES string of the molecule is N=C(CCc1cnc2ccccc2n1)/N=c1\[nH]ccc2ncccc12. The monoisotopic (exact) mass is 328 g/mol. The van der Waals surface area contributed by atoms with Crippen molar-refractivity contribution in [3.8, 4) is 0 Å². The first-order valence-corrected chi connectivity index (χ1v) is 8.05. The molecule has 0 aliphatic heterocycles. The number of para-hydroxylation sites is 2. The van der Waals surface area contributed by atoms with E-state index >= 15 is 0 Å². The third-order valence-corrected chi connectivity index (χ3v) is 3.92. The van der Waals surface area contributed by atoms with Crippen LogP contribution in [0, 0.1) is 5.41 Å². The first-order valence-electron chi connectivity index (χ1n) is 8.05. The molecule has 6 heteroatoms. The van der Waals surface area contributed by atoms with Crippen LogP contribution in [-0.4, -0.2) is 25.8 Å². The van der Waals surface area contributed by atoms with Gasteiger partial charge < -0.3 is 4.98 Å². The molecule has 0 fully saturated rings. The van der Waals surface area contributed by atoms with Crippen LogP contribution in [0.4, 0.5) is 0 Å². The van der Waals surface area contributed by atoms with E-state index in [0.29, 0.717) is 24.2 Å². The summed E-state index contributed by atoms with van der Waals surface area (Å²) < 4.78 is 0. The lowest BCUT2D eigenvalue weighted by Gasteiger charge is -2.02. The molecule has 0 saturated heterocycles. The van der Waals surface area contributed by atoms with Gasteiger partial charge in [0.15, 0.2) is 0 Å². The molecule has 0 radical (unpaired) electrons. The highest BCUT2D eigenvalue weighted by atomic mass is 14.9. The lowest BCUT2D eigenvalue weighted by molar-refractivity contribution is 0.949. The Morgan fingerprint density at radius 1 is 1.00 bits per heavy atom. The highest BCUT2D eigenvalue weighted by Gasteiger charge is 2.03. The molecule has 25 heavy (non-hydrogen) atoms. The van der Waals surface area contributed by atoms with Crippen LogP contribution >= 0.6 is 0 Å². The van der Waals surface area contributed by atoms with Crippen LogP contribution in [-0.2, 0) is 6.42 Å². The fraction of sp³-hybridized carbons (Fsp3) is 0.105. The number of nitrogens with zero attached hydrogens (tertiary/aromatic N) is 4. The smallest absolute Gasteiger partial charge is 0.141 e. The zero-order chi connectivity index (χ0) is 17.1. The lowest BCUT2D eigenvalue weighted by Crippen LogP contribution is -2.12.